The first-order chi connectivity index (χ1) is 10.8. The van der Waals surface area contributed by atoms with Crippen molar-refractivity contribution < 1.29 is 14.3 Å². The minimum absolute atomic E-state index is 0.117. The molecule has 0 saturated carbocycles. The average Bonchev–Trinajstić information content (AvgIpc) is 2.90. The van der Waals surface area contributed by atoms with E-state index in [2.05, 4.69) is 5.10 Å². The lowest BCUT2D eigenvalue weighted by molar-refractivity contribution is -0.132. The summed E-state index contributed by atoms with van der Waals surface area (Å²) in [5.74, 6) is -0.774. The van der Waals surface area contributed by atoms with Crippen molar-refractivity contribution in [1.29, 1.82) is 0 Å². The quantitative estimate of drug-likeness (QED) is 0.615. The topological polar surface area (TPSA) is 61.2 Å². The normalized spacial score (nSPS) is 10.7. The highest BCUT2D eigenvalue weighted by molar-refractivity contribution is 6.39. The Kier molecular flexibility index (Phi) is 5.12. The Morgan fingerprint density at radius 2 is 1.87 bits per heavy atom. The Hall–Kier alpha value is -1.85. The summed E-state index contributed by atoms with van der Waals surface area (Å²) in [5, 5.41) is 4.88. The summed E-state index contributed by atoms with van der Waals surface area (Å²) in [6, 6.07) is 1.63. The number of benzene rings is 1. The first kappa shape index (κ1) is 17.5. The molecule has 0 aliphatic rings. The smallest absolute Gasteiger partial charge is 0.309 e. The van der Waals surface area contributed by atoms with Gasteiger partial charge in [-0.15, -0.1) is 0 Å². The summed E-state index contributed by atoms with van der Waals surface area (Å²) >= 11 is 12.4. The summed E-state index contributed by atoms with van der Waals surface area (Å²) in [7, 11) is 0. The Labute approximate surface area is 144 Å². The third kappa shape index (κ3) is 3.26. The van der Waals surface area contributed by atoms with Crippen LogP contribution in [0.25, 0.3) is 0 Å². The zero-order valence-corrected chi connectivity index (χ0v) is 14.7. The molecular formula is C16H16Cl2N2O3. The van der Waals surface area contributed by atoms with E-state index in [9.17, 15) is 9.59 Å². The number of ether oxygens (including phenoxy) is 1. The summed E-state index contributed by atoms with van der Waals surface area (Å²) < 4.78 is 6.59. The van der Waals surface area contributed by atoms with Crippen molar-refractivity contribution in [1.82, 2.24) is 9.78 Å². The predicted octanol–water partition coefficient (Wildman–Crippen LogP) is 3.98. The zero-order chi connectivity index (χ0) is 17.3. The molecule has 0 unspecified atom stereocenters. The number of aromatic nitrogens is 2. The van der Waals surface area contributed by atoms with Gasteiger partial charge in [-0.25, -0.2) is 4.68 Å². The number of carbonyl (C=O) groups excluding carboxylic acids is 2. The van der Waals surface area contributed by atoms with Crippen LogP contribution in [-0.4, -0.2) is 21.5 Å². The Balaban J connectivity index is 2.58. The van der Waals surface area contributed by atoms with Gasteiger partial charge in [0.2, 0.25) is 11.7 Å². The SMILES string of the molecule is CCn1ncc(C(=O)c2cc(C)c(Cl)c(C)c2Cl)c1OC(C)=O. The average molecular weight is 355 g/mol. The van der Waals surface area contributed by atoms with Crippen LogP contribution in [0.3, 0.4) is 0 Å². The van der Waals surface area contributed by atoms with Gasteiger partial charge in [-0.2, -0.15) is 5.10 Å². The van der Waals surface area contributed by atoms with Crippen LogP contribution in [0.1, 0.15) is 40.9 Å². The first-order valence-corrected chi connectivity index (χ1v) is 7.77. The molecule has 0 saturated heterocycles. The molecule has 0 radical (unpaired) electrons. The molecule has 0 spiro atoms. The number of esters is 1. The summed E-state index contributed by atoms with van der Waals surface area (Å²) in [6.45, 7) is 7.10. The second-order valence-corrected chi connectivity index (χ2v) is 5.85. The fourth-order valence-corrected chi connectivity index (χ4v) is 2.68. The van der Waals surface area contributed by atoms with Gasteiger partial charge in [-0.3, -0.25) is 9.59 Å². The lowest BCUT2D eigenvalue weighted by atomic mass is 10.0. The molecule has 0 amide bonds. The van der Waals surface area contributed by atoms with Crippen LogP contribution in [0.15, 0.2) is 12.3 Å². The van der Waals surface area contributed by atoms with Crippen molar-refractivity contribution in [2.24, 2.45) is 0 Å². The van der Waals surface area contributed by atoms with Crippen LogP contribution in [0.4, 0.5) is 0 Å². The lowest BCUT2D eigenvalue weighted by Gasteiger charge is -2.11. The van der Waals surface area contributed by atoms with Gasteiger partial charge in [0.05, 0.1) is 11.2 Å². The van der Waals surface area contributed by atoms with Crippen molar-refractivity contribution in [3.05, 3.63) is 44.6 Å². The Morgan fingerprint density at radius 1 is 1.22 bits per heavy atom. The van der Waals surface area contributed by atoms with E-state index in [4.69, 9.17) is 27.9 Å². The summed E-state index contributed by atoms with van der Waals surface area (Å²) in [6.07, 6.45) is 1.37. The van der Waals surface area contributed by atoms with E-state index in [1.54, 1.807) is 19.9 Å². The van der Waals surface area contributed by atoms with Gasteiger partial charge in [-0.1, -0.05) is 23.2 Å². The molecule has 0 fully saturated rings. The summed E-state index contributed by atoms with van der Waals surface area (Å²) in [4.78, 5) is 24.1. The maximum atomic E-state index is 12.8. The molecular weight excluding hydrogens is 339 g/mol. The first-order valence-electron chi connectivity index (χ1n) is 7.02. The van der Waals surface area contributed by atoms with Crippen molar-refractivity contribution in [3.63, 3.8) is 0 Å². The lowest BCUT2D eigenvalue weighted by Crippen LogP contribution is -2.12. The molecule has 5 nitrogen and oxygen atoms in total. The van der Waals surface area contributed by atoms with Gasteiger partial charge in [0.15, 0.2) is 0 Å². The molecule has 2 aromatic rings. The second-order valence-electron chi connectivity index (χ2n) is 5.10. The maximum Gasteiger partial charge on any atom is 0.309 e. The van der Waals surface area contributed by atoms with E-state index in [0.717, 1.165) is 5.56 Å². The number of ketones is 1. The minimum Gasteiger partial charge on any atom is -0.407 e. The van der Waals surface area contributed by atoms with Gasteiger partial charge < -0.3 is 4.74 Å². The summed E-state index contributed by atoms with van der Waals surface area (Å²) in [5.41, 5.74) is 1.86. The number of hydrogen-bond acceptors (Lipinski definition) is 4. The highest BCUT2D eigenvalue weighted by Gasteiger charge is 2.24. The highest BCUT2D eigenvalue weighted by Crippen LogP contribution is 2.33. The third-order valence-corrected chi connectivity index (χ3v) is 4.49. The van der Waals surface area contributed by atoms with E-state index in [1.807, 2.05) is 6.92 Å². The molecule has 1 aromatic heterocycles. The molecule has 1 aromatic carbocycles. The molecule has 2 rings (SSSR count). The number of nitrogens with zero attached hydrogens (tertiary/aromatic N) is 2. The minimum atomic E-state index is -0.524. The van der Waals surface area contributed by atoms with E-state index in [-0.39, 0.29) is 22.2 Å². The van der Waals surface area contributed by atoms with Crippen LogP contribution in [-0.2, 0) is 11.3 Å². The molecule has 0 aliphatic heterocycles. The molecule has 0 atom stereocenters. The van der Waals surface area contributed by atoms with Crippen LogP contribution >= 0.6 is 23.2 Å². The Morgan fingerprint density at radius 3 is 2.43 bits per heavy atom. The molecule has 23 heavy (non-hydrogen) atoms. The van der Waals surface area contributed by atoms with Crippen molar-refractivity contribution >= 4 is 35.0 Å². The van der Waals surface area contributed by atoms with Gasteiger partial charge >= 0.3 is 5.97 Å². The largest absolute Gasteiger partial charge is 0.407 e. The standard InChI is InChI=1S/C16H16Cl2N2O3/c1-5-20-16(23-10(4)21)12(7-19-20)15(22)11-6-8(2)13(17)9(3)14(11)18/h6-7H,5H2,1-4H3. The van der Waals surface area contributed by atoms with Crippen LogP contribution in [0.5, 0.6) is 5.88 Å². The third-order valence-electron chi connectivity index (χ3n) is 3.42. The maximum absolute atomic E-state index is 12.8. The van der Waals surface area contributed by atoms with Gasteiger partial charge in [-0.05, 0) is 38.0 Å². The van der Waals surface area contributed by atoms with E-state index in [0.29, 0.717) is 22.7 Å². The molecule has 0 bridgehead atoms. The number of carbonyl (C=O) groups is 2. The fourth-order valence-electron chi connectivity index (χ4n) is 2.25. The predicted molar refractivity (Wildman–Crippen MR) is 88.6 cm³/mol. The highest BCUT2D eigenvalue weighted by atomic mass is 35.5. The zero-order valence-electron chi connectivity index (χ0n) is 13.2. The van der Waals surface area contributed by atoms with E-state index < -0.39 is 5.97 Å². The van der Waals surface area contributed by atoms with Crippen LogP contribution in [0, 0.1) is 13.8 Å². The van der Waals surface area contributed by atoms with Crippen LogP contribution < -0.4 is 4.74 Å². The second kappa shape index (κ2) is 6.72. The molecule has 0 N–H and O–H groups in total. The molecule has 7 heteroatoms. The van der Waals surface area contributed by atoms with Gasteiger partial charge in [0, 0.05) is 24.1 Å². The van der Waals surface area contributed by atoms with E-state index in [1.165, 1.54) is 17.8 Å². The number of halogens is 2. The monoisotopic (exact) mass is 354 g/mol. The van der Waals surface area contributed by atoms with Crippen molar-refractivity contribution in [3.8, 4) is 5.88 Å². The Bertz CT molecular complexity index is 797. The fraction of sp³-hybridized carbons (Fsp3) is 0.312. The number of hydrogen-bond donors (Lipinski definition) is 0. The van der Waals surface area contributed by atoms with Gasteiger partial charge in [0.1, 0.15) is 5.56 Å². The molecule has 1 heterocycles. The van der Waals surface area contributed by atoms with Crippen molar-refractivity contribution in [2.75, 3.05) is 0 Å². The number of aryl methyl sites for hydroxylation is 2. The van der Waals surface area contributed by atoms with Gasteiger partial charge in [0.25, 0.3) is 0 Å². The molecule has 0 aliphatic carbocycles. The van der Waals surface area contributed by atoms with Crippen LogP contribution in [0.2, 0.25) is 10.0 Å². The van der Waals surface area contributed by atoms with Crippen molar-refractivity contribution in [2.45, 2.75) is 34.2 Å². The molecule has 122 valence electrons. The number of rotatable bonds is 4. The van der Waals surface area contributed by atoms with E-state index >= 15 is 0 Å².